The van der Waals surface area contributed by atoms with Gasteiger partial charge in [0.1, 0.15) is 18.8 Å². The molecule has 1 heterocycles. The van der Waals surface area contributed by atoms with Crippen LogP contribution in [0, 0.1) is 20.2 Å². The number of nitro benzene ring substituents is 2. The molecule has 14 heteroatoms. The summed E-state index contributed by atoms with van der Waals surface area (Å²) in [6, 6.07) is 8.62. The average Bonchev–Trinajstić information content (AvgIpc) is 3.23. The molecular formula is C23H23N3O11. The Hall–Kier alpha value is -4.43. The van der Waals surface area contributed by atoms with Crippen LogP contribution < -0.4 is 0 Å². The Morgan fingerprint density at radius 3 is 1.84 bits per heavy atom. The smallest absolute Gasteiger partial charge is 0.338 e. The zero-order valence-corrected chi connectivity index (χ0v) is 20.0. The number of carbonyl (C=O) groups excluding carboxylic acids is 3. The monoisotopic (exact) mass is 517 g/mol. The molecule has 37 heavy (non-hydrogen) atoms. The Kier molecular flexibility index (Phi) is 8.47. The first-order valence-corrected chi connectivity index (χ1v) is 10.8. The number of nitrogens with zero attached hydrogens (tertiary/aromatic N) is 3. The van der Waals surface area contributed by atoms with Crippen molar-refractivity contribution < 1.29 is 43.2 Å². The Morgan fingerprint density at radius 2 is 1.41 bits per heavy atom. The maximum absolute atomic E-state index is 12.8. The van der Waals surface area contributed by atoms with Crippen molar-refractivity contribution in [3.63, 3.8) is 0 Å². The fourth-order valence-electron chi connectivity index (χ4n) is 3.71. The van der Waals surface area contributed by atoms with Crippen molar-refractivity contribution in [3.8, 4) is 0 Å². The van der Waals surface area contributed by atoms with Gasteiger partial charge in [-0.25, -0.2) is 9.59 Å². The first-order valence-electron chi connectivity index (χ1n) is 10.8. The van der Waals surface area contributed by atoms with Crippen molar-refractivity contribution in [3.05, 3.63) is 79.9 Å². The molecule has 0 saturated carbocycles. The van der Waals surface area contributed by atoms with Gasteiger partial charge < -0.3 is 23.8 Å². The Labute approximate surface area is 210 Å². The number of ether oxygens (including phenoxy) is 4. The molecule has 1 saturated heterocycles. The molecular weight excluding hydrogens is 494 g/mol. The van der Waals surface area contributed by atoms with Gasteiger partial charge in [-0.3, -0.25) is 25.0 Å². The minimum absolute atomic E-state index is 0.0257. The van der Waals surface area contributed by atoms with E-state index in [0.717, 1.165) is 24.3 Å². The van der Waals surface area contributed by atoms with E-state index in [0.29, 0.717) is 0 Å². The fraction of sp³-hybridized carbons (Fsp3) is 0.348. The third-order valence-electron chi connectivity index (χ3n) is 5.72. The lowest BCUT2D eigenvalue weighted by Crippen LogP contribution is -2.51. The van der Waals surface area contributed by atoms with E-state index in [1.807, 2.05) is 0 Å². The van der Waals surface area contributed by atoms with Gasteiger partial charge in [0.05, 0.1) is 21.0 Å². The van der Waals surface area contributed by atoms with Crippen LogP contribution in [0.3, 0.4) is 0 Å². The summed E-state index contributed by atoms with van der Waals surface area (Å²) in [5, 5.41) is 21.7. The molecule has 2 aromatic carbocycles. The molecule has 0 radical (unpaired) electrons. The largest absolute Gasteiger partial charge is 0.459 e. The lowest BCUT2D eigenvalue weighted by atomic mass is 10.1. The zero-order valence-electron chi connectivity index (χ0n) is 20.0. The standard InChI is InChI=1S/C23H23N3O11/c1-13(27)24(2)19-18(12-35-21(28)14-4-8-16(9-5-14)25(30)31)36-23(34-3)20(19)37-22(29)15-6-10-17(11-7-15)26(32)33/h4-11,18-20,23H,12H2,1-3H3/t18-,19+,20+,23-/m0/s1. The summed E-state index contributed by atoms with van der Waals surface area (Å²) in [4.78, 5) is 59.1. The molecule has 196 valence electrons. The summed E-state index contributed by atoms with van der Waals surface area (Å²) in [5.74, 6) is -2.02. The van der Waals surface area contributed by atoms with E-state index in [4.69, 9.17) is 18.9 Å². The first kappa shape index (κ1) is 27.2. The fourth-order valence-corrected chi connectivity index (χ4v) is 3.71. The van der Waals surface area contributed by atoms with Crippen LogP contribution in [0.15, 0.2) is 48.5 Å². The molecule has 0 N–H and O–H groups in total. The maximum Gasteiger partial charge on any atom is 0.338 e. The van der Waals surface area contributed by atoms with Crippen LogP contribution >= 0.6 is 0 Å². The van der Waals surface area contributed by atoms with E-state index in [9.17, 15) is 34.6 Å². The number of hydrogen-bond acceptors (Lipinski definition) is 11. The topological polar surface area (TPSA) is 178 Å². The molecule has 3 rings (SSSR count). The van der Waals surface area contributed by atoms with Crippen LogP contribution in [0.1, 0.15) is 27.6 Å². The molecule has 0 aliphatic carbocycles. The number of carbonyl (C=O) groups is 3. The van der Waals surface area contributed by atoms with E-state index < -0.39 is 52.2 Å². The van der Waals surface area contributed by atoms with E-state index in [2.05, 4.69) is 0 Å². The van der Waals surface area contributed by atoms with Crippen LogP contribution in [-0.4, -0.2) is 77.9 Å². The van der Waals surface area contributed by atoms with Crippen molar-refractivity contribution in [1.29, 1.82) is 0 Å². The summed E-state index contributed by atoms with van der Waals surface area (Å²) < 4.78 is 22.0. The van der Waals surface area contributed by atoms with Gasteiger partial charge in [0.2, 0.25) is 5.91 Å². The Balaban J connectivity index is 1.76. The molecule has 1 fully saturated rings. The van der Waals surface area contributed by atoms with Gasteiger partial charge in [-0.05, 0) is 24.3 Å². The van der Waals surface area contributed by atoms with Crippen molar-refractivity contribution in [1.82, 2.24) is 4.90 Å². The quantitative estimate of drug-likeness (QED) is 0.270. The molecule has 4 atom stereocenters. The van der Waals surface area contributed by atoms with Gasteiger partial charge in [-0.2, -0.15) is 0 Å². The van der Waals surface area contributed by atoms with Gasteiger partial charge in [0.15, 0.2) is 12.4 Å². The highest BCUT2D eigenvalue weighted by Crippen LogP contribution is 2.30. The number of nitro groups is 2. The van der Waals surface area contributed by atoms with Gasteiger partial charge in [0, 0.05) is 45.3 Å². The lowest BCUT2D eigenvalue weighted by Gasteiger charge is -2.31. The molecule has 0 aromatic heterocycles. The second kappa shape index (κ2) is 11.5. The molecule has 1 aliphatic rings. The molecule has 2 aromatic rings. The van der Waals surface area contributed by atoms with Crippen molar-refractivity contribution in [2.75, 3.05) is 20.8 Å². The number of rotatable bonds is 9. The van der Waals surface area contributed by atoms with Gasteiger partial charge in [0.25, 0.3) is 11.4 Å². The summed E-state index contributed by atoms with van der Waals surface area (Å²) in [7, 11) is 2.75. The number of hydrogen-bond donors (Lipinski definition) is 0. The van der Waals surface area contributed by atoms with Gasteiger partial charge >= 0.3 is 11.9 Å². The maximum atomic E-state index is 12.8. The minimum Gasteiger partial charge on any atom is -0.459 e. The second-order valence-electron chi connectivity index (χ2n) is 7.98. The predicted molar refractivity (Wildman–Crippen MR) is 124 cm³/mol. The molecule has 0 spiro atoms. The molecule has 1 aliphatic heterocycles. The number of likely N-dealkylation sites (N-methyl/N-ethyl adjacent to an activating group) is 1. The van der Waals surface area contributed by atoms with Crippen LogP contribution in [0.25, 0.3) is 0 Å². The average molecular weight is 517 g/mol. The van der Waals surface area contributed by atoms with Crippen molar-refractivity contribution in [2.24, 2.45) is 0 Å². The van der Waals surface area contributed by atoms with E-state index in [1.54, 1.807) is 0 Å². The highest BCUT2D eigenvalue weighted by molar-refractivity contribution is 5.90. The molecule has 14 nitrogen and oxygen atoms in total. The minimum atomic E-state index is -1.13. The Morgan fingerprint density at radius 1 is 0.919 bits per heavy atom. The number of benzene rings is 2. The second-order valence-corrected chi connectivity index (χ2v) is 7.98. The van der Waals surface area contributed by atoms with E-state index in [1.165, 1.54) is 50.2 Å². The summed E-state index contributed by atoms with van der Waals surface area (Å²) in [6.45, 7) is 0.929. The predicted octanol–water partition coefficient (Wildman–Crippen LogP) is 2.10. The van der Waals surface area contributed by atoms with Crippen molar-refractivity contribution in [2.45, 2.75) is 31.5 Å². The number of amides is 1. The molecule has 0 bridgehead atoms. The number of non-ortho nitro benzene ring substituents is 2. The lowest BCUT2D eigenvalue weighted by molar-refractivity contribution is -0.385. The van der Waals surface area contributed by atoms with E-state index >= 15 is 0 Å². The van der Waals surface area contributed by atoms with Crippen LogP contribution in [0.4, 0.5) is 11.4 Å². The van der Waals surface area contributed by atoms with Gasteiger partial charge in [-0.1, -0.05) is 0 Å². The van der Waals surface area contributed by atoms with Crippen LogP contribution in [0.5, 0.6) is 0 Å². The highest BCUT2D eigenvalue weighted by atomic mass is 16.7. The molecule has 0 unspecified atom stereocenters. The highest BCUT2D eigenvalue weighted by Gasteiger charge is 2.50. The first-order chi connectivity index (χ1) is 17.5. The SMILES string of the molecule is CO[C@H]1O[C@@H](COC(=O)c2ccc([N+](=O)[O-])cc2)[C@@H](N(C)C(C)=O)[C@H]1OC(=O)c1ccc([N+](=O)[O-])cc1. The summed E-state index contributed by atoms with van der Waals surface area (Å²) >= 11 is 0. The van der Waals surface area contributed by atoms with Crippen LogP contribution in [0.2, 0.25) is 0 Å². The Bertz CT molecular complexity index is 1180. The normalized spacial score (nSPS) is 20.6. The third-order valence-corrected chi connectivity index (χ3v) is 5.72. The third kappa shape index (κ3) is 6.23. The van der Waals surface area contributed by atoms with Gasteiger partial charge in [-0.15, -0.1) is 0 Å². The van der Waals surface area contributed by atoms with E-state index in [-0.39, 0.29) is 29.1 Å². The summed E-state index contributed by atoms with van der Waals surface area (Å²) in [6.07, 6.45) is -3.22. The zero-order chi connectivity index (χ0) is 27.3. The molecule has 1 amide bonds. The summed E-state index contributed by atoms with van der Waals surface area (Å²) in [5.41, 5.74) is -0.318. The van der Waals surface area contributed by atoms with Crippen molar-refractivity contribution >= 4 is 29.2 Å². The van der Waals surface area contributed by atoms with Crippen LogP contribution in [-0.2, 0) is 23.7 Å². The number of esters is 2. The number of methoxy groups -OCH3 is 1.